The molecule has 0 bridgehead atoms. The summed E-state index contributed by atoms with van der Waals surface area (Å²) in [6.45, 7) is 2.98. The molecule has 2 rings (SSSR count). The van der Waals surface area contributed by atoms with Gasteiger partial charge in [0.15, 0.2) is 0 Å². The first-order chi connectivity index (χ1) is 9.33. The molecule has 1 aromatic rings. The van der Waals surface area contributed by atoms with Crippen LogP contribution in [0.4, 0.5) is 0 Å². The molecular formula is C15H18N2O2. The summed E-state index contributed by atoms with van der Waals surface area (Å²) in [5, 5.41) is 0. The van der Waals surface area contributed by atoms with Gasteiger partial charge >= 0.3 is 0 Å². The van der Waals surface area contributed by atoms with Gasteiger partial charge < -0.3 is 15.4 Å². The number of nitrogens with two attached hydrogens (primary N) is 1. The second-order valence-electron chi connectivity index (χ2n) is 4.31. The molecule has 1 fully saturated rings. The Morgan fingerprint density at radius 2 is 2.16 bits per heavy atom. The van der Waals surface area contributed by atoms with Gasteiger partial charge in [0, 0.05) is 25.3 Å². The summed E-state index contributed by atoms with van der Waals surface area (Å²) >= 11 is 0. The van der Waals surface area contributed by atoms with E-state index in [1.165, 1.54) is 0 Å². The number of carbonyl (C=O) groups is 1. The lowest BCUT2D eigenvalue weighted by Gasteiger charge is -2.20. The smallest absolute Gasteiger partial charge is 0.255 e. The Morgan fingerprint density at radius 1 is 1.32 bits per heavy atom. The average molecular weight is 258 g/mol. The topological polar surface area (TPSA) is 55.6 Å². The number of nitrogens with zero attached hydrogens (tertiary/aromatic N) is 1. The molecule has 4 nitrogen and oxygen atoms in total. The Balaban J connectivity index is 2.22. The first-order valence-corrected chi connectivity index (χ1v) is 6.48. The largest absolute Gasteiger partial charge is 0.380 e. The fourth-order valence-electron chi connectivity index (χ4n) is 2.04. The van der Waals surface area contributed by atoms with E-state index in [0.717, 1.165) is 25.1 Å². The van der Waals surface area contributed by atoms with Crippen molar-refractivity contribution in [2.75, 3.05) is 32.8 Å². The maximum atomic E-state index is 12.5. The zero-order chi connectivity index (χ0) is 13.5. The summed E-state index contributed by atoms with van der Waals surface area (Å²) in [4.78, 5) is 14.3. The van der Waals surface area contributed by atoms with Crippen molar-refractivity contribution in [1.82, 2.24) is 4.90 Å². The second-order valence-corrected chi connectivity index (χ2v) is 4.31. The van der Waals surface area contributed by atoms with E-state index in [1.54, 1.807) is 0 Å². The van der Waals surface area contributed by atoms with Gasteiger partial charge in [-0.25, -0.2) is 0 Å². The summed E-state index contributed by atoms with van der Waals surface area (Å²) in [6.07, 6.45) is 0.877. The van der Waals surface area contributed by atoms with Crippen LogP contribution < -0.4 is 5.73 Å². The summed E-state index contributed by atoms with van der Waals surface area (Å²) in [5.74, 6) is 5.77. The lowest BCUT2D eigenvalue weighted by Crippen LogP contribution is -2.33. The van der Waals surface area contributed by atoms with Crippen LogP contribution in [0.1, 0.15) is 22.3 Å². The van der Waals surface area contributed by atoms with Crippen molar-refractivity contribution in [3.63, 3.8) is 0 Å². The van der Waals surface area contributed by atoms with Crippen LogP contribution >= 0.6 is 0 Å². The maximum Gasteiger partial charge on any atom is 0.255 e. The van der Waals surface area contributed by atoms with Crippen LogP contribution in [0.2, 0.25) is 0 Å². The molecule has 100 valence electrons. The summed E-state index contributed by atoms with van der Waals surface area (Å²) in [5.41, 5.74) is 6.76. The van der Waals surface area contributed by atoms with Crippen LogP contribution in [0.3, 0.4) is 0 Å². The number of hydrogen-bond acceptors (Lipinski definition) is 3. The highest BCUT2D eigenvalue weighted by Crippen LogP contribution is 2.12. The quantitative estimate of drug-likeness (QED) is 0.760. The second kappa shape index (κ2) is 6.93. The molecule has 0 spiro atoms. The minimum atomic E-state index is 0.0208. The van der Waals surface area contributed by atoms with E-state index >= 15 is 0 Å². The molecule has 1 aliphatic heterocycles. The van der Waals surface area contributed by atoms with Gasteiger partial charge in [-0.1, -0.05) is 24.0 Å². The molecule has 0 aliphatic carbocycles. The van der Waals surface area contributed by atoms with E-state index in [-0.39, 0.29) is 5.91 Å². The van der Waals surface area contributed by atoms with Crippen molar-refractivity contribution in [3.05, 3.63) is 35.4 Å². The van der Waals surface area contributed by atoms with Crippen molar-refractivity contribution >= 4 is 5.91 Å². The van der Waals surface area contributed by atoms with Gasteiger partial charge in [-0.05, 0) is 18.6 Å². The van der Waals surface area contributed by atoms with Gasteiger partial charge in [0.2, 0.25) is 0 Å². The van der Waals surface area contributed by atoms with Crippen molar-refractivity contribution in [3.8, 4) is 11.8 Å². The van der Waals surface area contributed by atoms with Gasteiger partial charge in [-0.3, -0.25) is 4.79 Å². The number of rotatable bonds is 1. The number of hydrogen-bond donors (Lipinski definition) is 1. The standard InChI is InChI=1S/C15H18N2O2/c16-8-3-6-13-5-1-2-7-14(13)15(18)17-9-4-11-19-12-10-17/h1-2,5,7H,4,8-12,16H2. The SMILES string of the molecule is NCC#Cc1ccccc1C(=O)N1CCCOCC1. The number of ether oxygens (including phenoxy) is 1. The van der Waals surface area contributed by atoms with Crippen molar-refractivity contribution < 1.29 is 9.53 Å². The molecule has 1 aliphatic rings. The van der Waals surface area contributed by atoms with E-state index < -0.39 is 0 Å². The lowest BCUT2D eigenvalue weighted by atomic mass is 10.1. The maximum absolute atomic E-state index is 12.5. The van der Waals surface area contributed by atoms with Gasteiger partial charge in [0.25, 0.3) is 5.91 Å². The van der Waals surface area contributed by atoms with Gasteiger partial charge in [0.05, 0.1) is 18.7 Å². The summed E-state index contributed by atoms with van der Waals surface area (Å²) < 4.78 is 5.37. The highest BCUT2D eigenvalue weighted by atomic mass is 16.5. The predicted molar refractivity (Wildman–Crippen MR) is 73.7 cm³/mol. The first-order valence-electron chi connectivity index (χ1n) is 6.48. The van der Waals surface area contributed by atoms with E-state index in [0.29, 0.717) is 25.3 Å². The minimum Gasteiger partial charge on any atom is -0.380 e. The van der Waals surface area contributed by atoms with Crippen LogP contribution in [0.5, 0.6) is 0 Å². The highest BCUT2D eigenvalue weighted by molar-refractivity contribution is 5.96. The monoisotopic (exact) mass is 258 g/mol. The molecule has 0 aromatic heterocycles. The zero-order valence-electron chi connectivity index (χ0n) is 10.9. The van der Waals surface area contributed by atoms with E-state index in [9.17, 15) is 4.79 Å². The highest BCUT2D eigenvalue weighted by Gasteiger charge is 2.19. The van der Waals surface area contributed by atoms with Crippen LogP contribution in [0.15, 0.2) is 24.3 Å². The molecule has 1 aromatic carbocycles. The average Bonchev–Trinajstić information content (AvgIpc) is 2.73. The van der Waals surface area contributed by atoms with E-state index in [2.05, 4.69) is 11.8 Å². The fraction of sp³-hybridized carbons (Fsp3) is 0.400. The number of benzene rings is 1. The molecule has 0 unspecified atom stereocenters. The van der Waals surface area contributed by atoms with Gasteiger partial charge in [0.1, 0.15) is 0 Å². The van der Waals surface area contributed by atoms with Gasteiger partial charge in [-0.15, -0.1) is 0 Å². The summed E-state index contributed by atoms with van der Waals surface area (Å²) in [7, 11) is 0. The lowest BCUT2D eigenvalue weighted by molar-refractivity contribution is 0.0741. The van der Waals surface area contributed by atoms with Crippen LogP contribution in [0.25, 0.3) is 0 Å². The molecule has 1 amide bonds. The molecule has 0 atom stereocenters. The van der Waals surface area contributed by atoms with Crippen LogP contribution in [-0.4, -0.2) is 43.7 Å². The first kappa shape index (κ1) is 13.6. The fourth-order valence-corrected chi connectivity index (χ4v) is 2.04. The molecule has 1 saturated heterocycles. The van der Waals surface area contributed by atoms with E-state index in [1.807, 2.05) is 29.2 Å². The van der Waals surface area contributed by atoms with E-state index in [4.69, 9.17) is 10.5 Å². The molecule has 4 heteroatoms. The van der Waals surface area contributed by atoms with Crippen molar-refractivity contribution in [2.45, 2.75) is 6.42 Å². The Bertz CT molecular complexity index is 494. The molecule has 0 radical (unpaired) electrons. The minimum absolute atomic E-state index is 0.0208. The molecule has 0 saturated carbocycles. The Kier molecular flexibility index (Phi) is 4.96. The number of carbonyl (C=O) groups excluding carboxylic acids is 1. The molecule has 19 heavy (non-hydrogen) atoms. The molecular weight excluding hydrogens is 240 g/mol. The third-order valence-electron chi connectivity index (χ3n) is 2.99. The van der Waals surface area contributed by atoms with Crippen LogP contribution in [0, 0.1) is 11.8 Å². The normalized spacial score (nSPS) is 15.3. The summed E-state index contributed by atoms with van der Waals surface area (Å²) in [6, 6.07) is 7.40. The van der Waals surface area contributed by atoms with Gasteiger partial charge in [-0.2, -0.15) is 0 Å². The Hall–Kier alpha value is -1.83. The Morgan fingerprint density at radius 3 is 3.00 bits per heavy atom. The Labute approximate surface area is 113 Å². The van der Waals surface area contributed by atoms with Crippen LogP contribution in [-0.2, 0) is 4.74 Å². The van der Waals surface area contributed by atoms with Crippen molar-refractivity contribution in [2.24, 2.45) is 5.73 Å². The third kappa shape index (κ3) is 3.57. The zero-order valence-corrected chi connectivity index (χ0v) is 10.9. The third-order valence-corrected chi connectivity index (χ3v) is 2.99. The predicted octanol–water partition coefficient (Wildman–Crippen LogP) is 0.859. The van der Waals surface area contributed by atoms with Crippen molar-refractivity contribution in [1.29, 1.82) is 0 Å². The number of amides is 1. The molecule has 2 N–H and O–H groups in total. The molecule has 1 heterocycles.